The van der Waals surface area contributed by atoms with Crippen molar-refractivity contribution in [2.45, 2.75) is 52.5 Å². The van der Waals surface area contributed by atoms with Crippen molar-refractivity contribution < 1.29 is 22.4 Å². The zero-order chi connectivity index (χ0) is 29.1. The number of hydrogen-bond donors (Lipinski definition) is 0. The lowest BCUT2D eigenvalue weighted by Gasteiger charge is -2.43. The molecular formula is C29H30F4N6OS. The minimum absolute atomic E-state index is 0.0313. The molecule has 12 heteroatoms. The smallest absolute Gasteiger partial charge is 0.367 e. The van der Waals surface area contributed by atoms with Gasteiger partial charge >= 0.3 is 6.18 Å². The molecule has 2 aliphatic heterocycles. The topological polar surface area (TPSA) is 57.5 Å². The number of carbonyl (C=O) groups is 1. The number of rotatable bonds is 4. The normalized spacial score (nSPS) is 17.8. The molecule has 216 valence electrons. The van der Waals surface area contributed by atoms with Crippen LogP contribution in [0.15, 0.2) is 36.4 Å². The van der Waals surface area contributed by atoms with Crippen LogP contribution in [0.25, 0.3) is 10.2 Å². The van der Waals surface area contributed by atoms with Crippen LogP contribution in [0.1, 0.15) is 35.0 Å². The van der Waals surface area contributed by atoms with Crippen molar-refractivity contribution in [2.75, 3.05) is 36.0 Å². The highest BCUT2D eigenvalue weighted by atomic mass is 32.1. The Bertz CT molecular complexity index is 1630. The van der Waals surface area contributed by atoms with Gasteiger partial charge in [0.15, 0.2) is 5.13 Å². The Morgan fingerprint density at radius 2 is 1.85 bits per heavy atom. The van der Waals surface area contributed by atoms with Gasteiger partial charge in [0.25, 0.3) is 0 Å². The number of benzene rings is 2. The van der Waals surface area contributed by atoms with Crippen molar-refractivity contribution in [1.82, 2.24) is 19.7 Å². The summed E-state index contributed by atoms with van der Waals surface area (Å²) in [6, 6.07) is 8.95. The Hall–Kier alpha value is -3.67. The second kappa shape index (κ2) is 10.3. The van der Waals surface area contributed by atoms with Crippen molar-refractivity contribution in [3.05, 3.63) is 70.3 Å². The van der Waals surface area contributed by atoms with Gasteiger partial charge in [-0.15, -0.1) is 0 Å². The van der Waals surface area contributed by atoms with E-state index in [1.807, 2.05) is 36.6 Å². The van der Waals surface area contributed by atoms with Crippen LogP contribution >= 0.6 is 11.3 Å². The number of nitrogens with zero attached hydrogens (tertiary/aromatic N) is 6. The number of aromatic nitrogens is 3. The lowest BCUT2D eigenvalue weighted by atomic mass is 9.91. The molecule has 41 heavy (non-hydrogen) atoms. The van der Waals surface area contributed by atoms with Crippen molar-refractivity contribution in [1.29, 1.82) is 0 Å². The highest BCUT2D eigenvalue weighted by molar-refractivity contribution is 7.22. The van der Waals surface area contributed by atoms with Crippen LogP contribution in [0.4, 0.5) is 28.4 Å². The summed E-state index contributed by atoms with van der Waals surface area (Å²) in [5, 5.41) is 5.06. The van der Waals surface area contributed by atoms with Crippen molar-refractivity contribution in [3.8, 4) is 0 Å². The number of hydrogen-bond acceptors (Lipinski definition) is 6. The molecule has 1 amide bonds. The van der Waals surface area contributed by atoms with Crippen molar-refractivity contribution in [2.24, 2.45) is 0 Å². The molecule has 1 saturated heterocycles. The molecule has 0 unspecified atom stereocenters. The van der Waals surface area contributed by atoms with Crippen LogP contribution in [-0.2, 0) is 30.5 Å². The SMILES string of the molecule is Cc1cc(C)n(CC(=O)N2CCN(c3ccc(C(F)(F)F)c4c3CN(c3nc5ccc(F)cc5s3)CC4)C[C@H]2C)n1. The predicted octanol–water partition coefficient (Wildman–Crippen LogP) is 5.57. The van der Waals surface area contributed by atoms with Gasteiger partial charge < -0.3 is 14.7 Å². The molecular weight excluding hydrogens is 556 g/mol. The molecule has 0 spiro atoms. The fourth-order valence-corrected chi connectivity index (χ4v) is 7.02. The molecule has 0 bridgehead atoms. The summed E-state index contributed by atoms with van der Waals surface area (Å²) in [7, 11) is 0. The molecule has 2 aromatic carbocycles. The Kier molecular flexibility index (Phi) is 6.91. The van der Waals surface area contributed by atoms with Crippen molar-refractivity contribution in [3.63, 3.8) is 0 Å². The number of alkyl halides is 3. The highest BCUT2D eigenvalue weighted by Crippen LogP contribution is 2.41. The second-order valence-corrected chi connectivity index (χ2v) is 11.8. The van der Waals surface area contributed by atoms with Crippen LogP contribution in [-0.4, -0.2) is 57.8 Å². The summed E-state index contributed by atoms with van der Waals surface area (Å²) >= 11 is 1.34. The van der Waals surface area contributed by atoms with Crippen LogP contribution in [0.2, 0.25) is 0 Å². The Morgan fingerprint density at radius 3 is 2.56 bits per heavy atom. The quantitative estimate of drug-likeness (QED) is 0.293. The number of halogens is 4. The van der Waals surface area contributed by atoms with E-state index in [0.29, 0.717) is 52.7 Å². The van der Waals surface area contributed by atoms with E-state index in [1.165, 1.54) is 29.5 Å². The van der Waals surface area contributed by atoms with E-state index in [1.54, 1.807) is 16.8 Å². The van der Waals surface area contributed by atoms with Crippen LogP contribution < -0.4 is 9.80 Å². The first-order valence-electron chi connectivity index (χ1n) is 13.6. The summed E-state index contributed by atoms with van der Waals surface area (Å²) in [4.78, 5) is 23.7. The average molecular weight is 587 g/mol. The van der Waals surface area contributed by atoms with E-state index in [4.69, 9.17) is 0 Å². The summed E-state index contributed by atoms with van der Waals surface area (Å²) < 4.78 is 58.3. The van der Waals surface area contributed by atoms with Crippen LogP contribution in [0.3, 0.4) is 0 Å². The summed E-state index contributed by atoms with van der Waals surface area (Å²) in [5.74, 6) is -0.383. The molecule has 7 nitrogen and oxygen atoms in total. The fourth-order valence-electron chi connectivity index (χ4n) is 6.01. The van der Waals surface area contributed by atoms with E-state index in [9.17, 15) is 22.4 Å². The van der Waals surface area contributed by atoms with Gasteiger partial charge in [0, 0.05) is 50.1 Å². The van der Waals surface area contributed by atoms with Crippen LogP contribution in [0, 0.1) is 19.7 Å². The third-order valence-corrected chi connectivity index (χ3v) is 9.06. The van der Waals surface area contributed by atoms with Gasteiger partial charge in [-0.2, -0.15) is 18.3 Å². The van der Waals surface area contributed by atoms with Gasteiger partial charge in [-0.1, -0.05) is 11.3 Å². The van der Waals surface area contributed by atoms with E-state index < -0.39 is 11.7 Å². The third kappa shape index (κ3) is 5.25. The zero-order valence-electron chi connectivity index (χ0n) is 23.0. The number of aryl methyl sites for hydroxylation is 2. The van der Waals surface area contributed by atoms with Gasteiger partial charge in [-0.3, -0.25) is 9.48 Å². The minimum Gasteiger partial charge on any atom is -0.367 e. The highest BCUT2D eigenvalue weighted by Gasteiger charge is 2.38. The van der Waals surface area contributed by atoms with E-state index in [0.717, 1.165) is 17.1 Å². The Balaban J connectivity index is 1.27. The number of carbonyl (C=O) groups excluding carboxylic acids is 1. The number of piperazine rings is 1. The first-order valence-corrected chi connectivity index (χ1v) is 14.4. The minimum atomic E-state index is -4.46. The van der Waals surface area contributed by atoms with Gasteiger partial charge in [-0.25, -0.2) is 9.37 Å². The Labute approximate surface area is 239 Å². The monoisotopic (exact) mass is 586 g/mol. The largest absolute Gasteiger partial charge is 0.416 e. The lowest BCUT2D eigenvalue weighted by Crippen LogP contribution is -2.55. The summed E-state index contributed by atoms with van der Waals surface area (Å²) in [6.07, 6.45) is -4.24. The van der Waals surface area contributed by atoms with Gasteiger partial charge in [0.05, 0.1) is 21.5 Å². The fraction of sp³-hybridized carbons (Fsp3) is 0.414. The van der Waals surface area contributed by atoms with Gasteiger partial charge in [0.1, 0.15) is 12.4 Å². The maximum Gasteiger partial charge on any atom is 0.416 e. The average Bonchev–Trinajstić information content (AvgIpc) is 3.48. The maximum atomic E-state index is 14.0. The number of thiazole rings is 1. The number of fused-ring (bicyclic) bond motifs is 2. The molecule has 0 saturated carbocycles. The lowest BCUT2D eigenvalue weighted by molar-refractivity contribution is -0.138. The molecule has 0 N–H and O–H groups in total. The first kappa shape index (κ1) is 27.5. The van der Waals surface area contributed by atoms with Gasteiger partial charge in [0.2, 0.25) is 5.91 Å². The maximum absolute atomic E-state index is 14.0. The molecule has 4 heterocycles. The number of anilines is 2. The molecule has 4 aromatic rings. The Morgan fingerprint density at radius 1 is 1.05 bits per heavy atom. The zero-order valence-corrected chi connectivity index (χ0v) is 23.8. The molecule has 1 atom stereocenters. The third-order valence-electron chi connectivity index (χ3n) is 7.98. The van der Waals surface area contributed by atoms with E-state index in [2.05, 4.69) is 15.0 Å². The van der Waals surface area contributed by atoms with E-state index in [-0.39, 0.29) is 37.3 Å². The molecule has 6 rings (SSSR count). The molecule has 0 radical (unpaired) electrons. The standard InChI is InChI=1S/C29H30F4N6OS/c1-17-12-18(2)39(35-17)16-27(40)38-11-10-36(14-19(38)3)25-7-5-23(29(31,32)33)21-8-9-37(15-22(21)25)28-34-24-6-4-20(30)13-26(24)41-28/h4-7,12-13,19H,8-11,14-16H2,1-3H3/t19-/m1/s1. The van der Waals surface area contributed by atoms with Crippen LogP contribution in [0.5, 0.6) is 0 Å². The molecule has 2 aliphatic rings. The molecule has 2 aromatic heterocycles. The van der Waals surface area contributed by atoms with Crippen molar-refractivity contribution >= 4 is 38.3 Å². The molecule has 1 fully saturated rings. The van der Waals surface area contributed by atoms with E-state index >= 15 is 0 Å². The predicted molar refractivity (Wildman–Crippen MR) is 151 cm³/mol. The van der Waals surface area contributed by atoms with Gasteiger partial charge in [-0.05, 0) is 74.7 Å². The number of amides is 1. The molecule has 0 aliphatic carbocycles. The summed E-state index contributed by atoms with van der Waals surface area (Å²) in [6.45, 7) is 8.04. The first-order chi connectivity index (χ1) is 19.5. The summed E-state index contributed by atoms with van der Waals surface area (Å²) in [5.41, 5.74) is 3.53. The second-order valence-electron chi connectivity index (χ2n) is 10.8.